The Morgan fingerprint density at radius 1 is 1.05 bits per heavy atom. The fraction of sp³-hybridized carbons (Fsp3) is 0.182. The van der Waals surface area contributed by atoms with E-state index in [9.17, 15) is 26.7 Å². The first-order valence-electron chi connectivity index (χ1n) is 4.81. The van der Waals surface area contributed by atoms with E-state index in [0.29, 0.717) is 0 Å². The summed E-state index contributed by atoms with van der Waals surface area (Å²) < 4.78 is 68.8. The number of aliphatic carboxylic acids is 1. The Morgan fingerprint density at radius 3 is 1.89 bits per heavy atom. The predicted octanol–water partition coefficient (Wildman–Crippen LogP) is 2.79. The lowest BCUT2D eigenvalue weighted by atomic mass is 10.2. The second-order valence-corrected chi connectivity index (χ2v) is 3.40. The van der Waals surface area contributed by atoms with Crippen LogP contribution >= 0.6 is 0 Å². The van der Waals surface area contributed by atoms with E-state index in [1.807, 2.05) is 0 Å². The molecule has 1 aromatic carbocycles. The van der Waals surface area contributed by atoms with Crippen molar-refractivity contribution in [2.75, 3.05) is 6.61 Å². The van der Waals surface area contributed by atoms with E-state index in [4.69, 9.17) is 5.11 Å². The molecule has 0 fully saturated rings. The number of hydrogen-bond acceptors (Lipinski definition) is 2. The smallest absolute Gasteiger partial charge is 0.331 e. The summed E-state index contributed by atoms with van der Waals surface area (Å²) in [5.41, 5.74) is -0.205. The molecule has 1 N–H and O–H groups in total. The van der Waals surface area contributed by atoms with Crippen molar-refractivity contribution < 1.29 is 36.6 Å². The largest absolute Gasteiger partial charge is 0.483 e. The topological polar surface area (TPSA) is 46.5 Å². The monoisotopic (exact) mass is 282 g/mol. The molecule has 1 aromatic rings. The second kappa shape index (κ2) is 5.68. The van der Waals surface area contributed by atoms with E-state index in [0.717, 1.165) is 6.08 Å². The molecule has 1 rings (SSSR count). The summed E-state index contributed by atoms with van der Waals surface area (Å²) in [7, 11) is 0. The molecule has 0 unspecified atom stereocenters. The molecule has 0 aliphatic heterocycles. The van der Waals surface area contributed by atoms with Crippen LogP contribution in [0.15, 0.2) is 11.6 Å². The molecular formula is C11H7F5O3. The van der Waals surface area contributed by atoms with Gasteiger partial charge in [0.2, 0.25) is 29.1 Å². The summed E-state index contributed by atoms with van der Waals surface area (Å²) in [6.45, 7) is 0.515. The SMILES string of the molecule is CC(=CCOc1c(F)c(F)c(F)c(F)c1F)C(=O)O. The first-order valence-corrected chi connectivity index (χ1v) is 4.81. The van der Waals surface area contributed by atoms with Gasteiger partial charge in [-0.05, 0) is 13.0 Å². The zero-order valence-electron chi connectivity index (χ0n) is 9.44. The average Bonchev–Trinajstić information content (AvgIpc) is 2.37. The standard InChI is InChI=1S/C11H7F5O3/c1-4(11(17)18)2-3-19-10-8(15)6(13)5(12)7(14)9(10)16/h2H,3H2,1H3,(H,17,18). The number of benzene rings is 1. The fourth-order valence-electron chi connectivity index (χ4n) is 1.05. The normalized spacial score (nSPS) is 11.6. The zero-order chi connectivity index (χ0) is 14.7. The van der Waals surface area contributed by atoms with Crippen molar-refractivity contribution in [3.05, 3.63) is 40.7 Å². The summed E-state index contributed by atoms with van der Waals surface area (Å²) >= 11 is 0. The van der Waals surface area contributed by atoms with Gasteiger partial charge in [0, 0.05) is 5.57 Å². The Hall–Kier alpha value is -2.12. The molecule has 0 aliphatic carbocycles. The lowest BCUT2D eigenvalue weighted by Crippen LogP contribution is -2.08. The van der Waals surface area contributed by atoms with Crippen LogP contribution in [0.25, 0.3) is 0 Å². The highest BCUT2D eigenvalue weighted by atomic mass is 19.2. The molecular weight excluding hydrogens is 275 g/mol. The molecule has 0 radical (unpaired) electrons. The Bertz CT molecular complexity index is 525. The molecule has 0 saturated carbocycles. The summed E-state index contributed by atoms with van der Waals surface area (Å²) in [5.74, 6) is -13.5. The average molecular weight is 282 g/mol. The number of hydrogen-bond donors (Lipinski definition) is 1. The number of carboxylic acid groups (broad SMARTS) is 1. The first-order chi connectivity index (χ1) is 8.77. The molecule has 19 heavy (non-hydrogen) atoms. The number of rotatable bonds is 4. The first kappa shape index (κ1) is 14.9. The van der Waals surface area contributed by atoms with Gasteiger partial charge in [0.05, 0.1) is 0 Å². The van der Waals surface area contributed by atoms with Gasteiger partial charge in [-0.2, -0.15) is 8.78 Å². The highest BCUT2D eigenvalue weighted by Crippen LogP contribution is 2.29. The van der Waals surface area contributed by atoms with E-state index >= 15 is 0 Å². The van der Waals surface area contributed by atoms with E-state index < -0.39 is 47.4 Å². The molecule has 0 saturated heterocycles. The van der Waals surface area contributed by atoms with Gasteiger partial charge in [0.25, 0.3) is 0 Å². The summed E-state index contributed by atoms with van der Waals surface area (Å²) in [4.78, 5) is 10.4. The van der Waals surface area contributed by atoms with Crippen molar-refractivity contribution in [3.63, 3.8) is 0 Å². The molecule has 3 nitrogen and oxygen atoms in total. The van der Waals surface area contributed by atoms with Crippen molar-refractivity contribution >= 4 is 5.97 Å². The lowest BCUT2D eigenvalue weighted by Gasteiger charge is -2.08. The molecule has 0 aromatic heterocycles. The molecule has 8 heteroatoms. The highest BCUT2D eigenvalue weighted by molar-refractivity contribution is 5.85. The Morgan fingerprint density at radius 2 is 1.47 bits per heavy atom. The highest BCUT2D eigenvalue weighted by Gasteiger charge is 2.26. The molecule has 0 heterocycles. The lowest BCUT2D eigenvalue weighted by molar-refractivity contribution is -0.132. The number of carboxylic acids is 1. The van der Waals surface area contributed by atoms with E-state index in [-0.39, 0.29) is 5.57 Å². The second-order valence-electron chi connectivity index (χ2n) is 3.40. The molecule has 104 valence electrons. The van der Waals surface area contributed by atoms with Crippen molar-refractivity contribution in [1.82, 2.24) is 0 Å². The maximum absolute atomic E-state index is 13.1. The van der Waals surface area contributed by atoms with E-state index in [2.05, 4.69) is 4.74 Å². The van der Waals surface area contributed by atoms with Crippen LogP contribution in [0.4, 0.5) is 22.0 Å². The fourth-order valence-corrected chi connectivity index (χ4v) is 1.05. The molecule has 0 atom stereocenters. The van der Waals surface area contributed by atoms with Gasteiger partial charge in [-0.3, -0.25) is 0 Å². The van der Waals surface area contributed by atoms with Gasteiger partial charge >= 0.3 is 5.97 Å². The van der Waals surface area contributed by atoms with E-state index in [1.165, 1.54) is 6.92 Å². The maximum Gasteiger partial charge on any atom is 0.331 e. The third-order valence-corrected chi connectivity index (χ3v) is 2.12. The predicted molar refractivity (Wildman–Crippen MR) is 53.1 cm³/mol. The minimum atomic E-state index is -2.29. The van der Waals surface area contributed by atoms with Gasteiger partial charge in [-0.15, -0.1) is 0 Å². The van der Waals surface area contributed by atoms with Crippen molar-refractivity contribution in [1.29, 1.82) is 0 Å². The van der Waals surface area contributed by atoms with Crippen LogP contribution in [0.3, 0.4) is 0 Å². The third kappa shape index (κ3) is 3.01. The van der Waals surface area contributed by atoms with Gasteiger partial charge in [0.15, 0.2) is 5.75 Å². The van der Waals surface area contributed by atoms with Gasteiger partial charge < -0.3 is 9.84 Å². The molecule has 0 amide bonds. The summed E-state index contributed by atoms with van der Waals surface area (Å²) in [5, 5.41) is 8.47. The van der Waals surface area contributed by atoms with Crippen LogP contribution in [-0.2, 0) is 4.79 Å². The summed E-state index contributed by atoms with van der Waals surface area (Å²) in [6, 6.07) is 0. The van der Waals surface area contributed by atoms with Gasteiger partial charge in [0.1, 0.15) is 6.61 Å². The molecule has 0 bridgehead atoms. The van der Waals surface area contributed by atoms with Crippen LogP contribution in [-0.4, -0.2) is 17.7 Å². The minimum absolute atomic E-state index is 0.205. The van der Waals surface area contributed by atoms with Gasteiger partial charge in [-0.25, -0.2) is 18.0 Å². The quantitative estimate of drug-likeness (QED) is 0.400. The van der Waals surface area contributed by atoms with Crippen LogP contribution in [0.1, 0.15) is 6.92 Å². The van der Waals surface area contributed by atoms with Crippen LogP contribution in [0.5, 0.6) is 5.75 Å². The number of carbonyl (C=O) groups is 1. The zero-order valence-corrected chi connectivity index (χ0v) is 9.44. The van der Waals surface area contributed by atoms with Crippen LogP contribution < -0.4 is 4.74 Å². The minimum Gasteiger partial charge on any atom is -0.483 e. The maximum atomic E-state index is 13.1. The van der Waals surface area contributed by atoms with Crippen molar-refractivity contribution in [2.45, 2.75) is 6.92 Å². The Kier molecular flexibility index (Phi) is 4.47. The number of halogens is 5. The Labute approximate surface area is 103 Å². The Balaban J connectivity index is 3.03. The number of ether oxygens (including phenoxy) is 1. The van der Waals surface area contributed by atoms with Crippen LogP contribution in [0, 0.1) is 29.1 Å². The van der Waals surface area contributed by atoms with Crippen molar-refractivity contribution in [2.24, 2.45) is 0 Å². The third-order valence-electron chi connectivity index (χ3n) is 2.12. The van der Waals surface area contributed by atoms with Crippen molar-refractivity contribution in [3.8, 4) is 5.75 Å². The summed E-state index contributed by atoms with van der Waals surface area (Å²) in [6.07, 6.45) is 0.917. The molecule has 0 spiro atoms. The van der Waals surface area contributed by atoms with E-state index in [1.54, 1.807) is 0 Å². The van der Waals surface area contributed by atoms with Crippen LogP contribution in [0.2, 0.25) is 0 Å². The van der Waals surface area contributed by atoms with Gasteiger partial charge in [-0.1, -0.05) is 0 Å². The molecule has 0 aliphatic rings.